The highest BCUT2D eigenvalue weighted by atomic mass is 35.5. The molecule has 0 saturated carbocycles. The summed E-state index contributed by atoms with van der Waals surface area (Å²) in [5, 5.41) is 3.60. The Kier molecular flexibility index (Phi) is 5.07. The molecule has 0 unspecified atom stereocenters. The van der Waals surface area contributed by atoms with Crippen LogP contribution < -0.4 is 10.2 Å². The Balaban J connectivity index is 1.66. The molecular weight excluding hydrogens is 347 g/mol. The lowest BCUT2D eigenvalue weighted by Gasteiger charge is -2.18. The predicted molar refractivity (Wildman–Crippen MR) is 95.2 cm³/mol. The van der Waals surface area contributed by atoms with Gasteiger partial charge in [0, 0.05) is 19.5 Å². The van der Waals surface area contributed by atoms with Gasteiger partial charge in [0.2, 0.25) is 11.8 Å². The van der Waals surface area contributed by atoms with E-state index in [-0.39, 0.29) is 18.2 Å². The maximum Gasteiger partial charge on any atom is 0.227 e. The molecule has 6 heteroatoms. The van der Waals surface area contributed by atoms with Crippen molar-refractivity contribution in [2.24, 2.45) is 5.92 Å². The van der Waals surface area contributed by atoms with Crippen molar-refractivity contribution in [3.63, 3.8) is 0 Å². The minimum absolute atomic E-state index is 0.126. The average molecular weight is 363 g/mol. The number of rotatable bonds is 4. The fourth-order valence-electron chi connectivity index (χ4n) is 2.75. The molecule has 124 valence electrons. The number of hydrogen-bond donors (Lipinski definition) is 1. The van der Waals surface area contributed by atoms with E-state index in [9.17, 15) is 9.59 Å². The number of nitrogens with zero attached hydrogens (tertiary/aromatic N) is 1. The van der Waals surface area contributed by atoms with E-state index in [0.717, 1.165) is 5.56 Å². The van der Waals surface area contributed by atoms with Crippen LogP contribution in [-0.4, -0.2) is 18.4 Å². The minimum Gasteiger partial charge on any atom is -0.352 e. The van der Waals surface area contributed by atoms with Gasteiger partial charge in [0.25, 0.3) is 0 Å². The van der Waals surface area contributed by atoms with Gasteiger partial charge in [-0.3, -0.25) is 9.59 Å². The van der Waals surface area contributed by atoms with Gasteiger partial charge in [-0.15, -0.1) is 0 Å². The normalized spacial score (nSPS) is 17.2. The summed E-state index contributed by atoms with van der Waals surface area (Å²) in [6, 6.07) is 14.8. The molecule has 1 aliphatic rings. The lowest BCUT2D eigenvalue weighted by Crippen LogP contribution is -2.32. The Hall–Kier alpha value is -2.04. The average Bonchev–Trinajstić information content (AvgIpc) is 2.98. The Morgan fingerprint density at radius 1 is 1.12 bits per heavy atom. The Labute approximate surface area is 150 Å². The fraction of sp³-hybridized carbons (Fsp3) is 0.222. The molecule has 1 heterocycles. The molecule has 2 amide bonds. The zero-order valence-corrected chi connectivity index (χ0v) is 14.3. The van der Waals surface area contributed by atoms with Crippen LogP contribution in [0, 0.1) is 5.92 Å². The molecule has 0 aliphatic carbocycles. The molecule has 1 fully saturated rings. The van der Waals surface area contributed by atoms with Gasteiger partial charge < -0.3 is 10.2 Å². The van der Waals surface area contributed by atoms with Gasteiger partial charge in [0.1, 0.15) is 0 Å². The van der Waals surface area contributed by atoms with Crippen LogP contribution in [0.5, 0.6) is 0 Å². The van der Waals surface area contributed by atoms with Crippen molar-refractivity contribution in [1.29, 1.82) is 0 Å². The first-order valence-corrected chi connectivity index (χ1v) is 8.38. The second kappa shape index (κ2) is 7.24. The first kappa shape index (κ1) is 16.8. The molecule has 0 spiro atoms. The van der Waals surface area contributed by atoms with Crippen LogP contribution in [0.3, 0.4) is 0 Å². The van der Waals surface area contributed by atoms with Crippen LogP contribution in [0.25, 0.3) is 0 Å². The second-order valence-corrected chi connectivity index (χ2v) is 6.47. The minimum atomic E-state index is -0.392. The lowest BCUT2D eigenvalue weighted by molar-refractivity contribution is -0.126. The molecule has 0 radical (unpaired) electrons. The van der Waals surface area contributed by atoms with E-state index in [1.54, 1.807) is 18.2 Å². The molecule has 0 bridgehead atoms. The van der Waals surface area contributed by atoms with E-state index in [1.807, 2.05) is 30.3 Å². The predicted octanol–water partition coefficient (Wildman–Crippen LogP) is 3.66. The van der Waals surface area contributed by atoms with Crippen LogP contribution in [0.15, 0.2) is 48.5 Å². The van der Waals surface area contributed by atoms with Gasteiger partial charge in [0.05, 0.1) is 21.7 Å². The van der Waals surface area contributed by atoms with Gasteiger partial charge in [-0.2, -0.15) is 0 Å². The van der Waals surface area contributed by atoms with Gasteiger partial charge in [-0.25, -0.2) is 0 Å². The maximum atomic E-state index is 12.3. The van der Waals surface area contributed by atoms with Crippen LogP contribution in [0.2, 0.25) is 10.0 Å². The standard InChI is InChI=1S/C18H16Cl2N2O2/c19-14-7-4-8-15(17(14)20)22-11-13(9-16(22)23)18(24)21-10-12-5-2-1-3-6-12/h1-8,13H,9-11H2,(H,21,24)/t13-/m1/s1. The molecule has 1 aliphatic heterocycles. The summed E-state index contributed by atoms with van der Waals surface area (Å²) in [6.45, 7) is 0.752. The van der Waals surface area contributed by atoms with Crippen LogP contribution in [0.1, 0.15) is 12.0 Å². The van der Waals surface area contributed by atoms with Crippen molar-refractivity contribution in [3.05, 3.63) is 64.1 Å². The second-order valence-electron chi connectivity index (χ2n) is 5.68. The summed E-state index contributed by atoms with van der Waals surface area (Å²) < 4.78 is 0. The monoisotopic (exact) mass is 362 g/mol. The number of benzene rings is 2. The van der Waals surface area contributed by atoms with E-state index in [1.165, 1.54) is 4.90 Å². The first-order chi connectivity index (χ1) is 11.6. The lowest BCUT2D eigenvalue weighted by atomic mass is 10.1. The molecule has 24 heavy (non-hydrogen) atoms. The smallest absolute Gasteiger partial charge is 0.227 e. The summed E-state index contributed by atoms with van der Waals surface area (Å²) in [5.74, 6) is -0.650. The Morgan fingerprint density at radius 3 is 2.62 bits per heavy atom. The van der Waals surface area contributed by atoms with E-state index < -0.39 is 5.92 Å². The molecule has 1 atom stereocenters. The van der Waals surface area contributed by atoms with Crippen molar-refractivity contribution >= 4 is 40.7 Å². The van der Waals surface area contributed by atoms with E-state index in [2.05, 4.69) is 5.32 Å². The fourth-order valence-corrected chi connectivity index (χ4v) is 3.14. The zero-order chi connectivity index (χ0) is 17.1. The highest BCUT2D eigenvalue weighted by molar-refractivity contribution is 6.44. The first-order valence-electron chi connectivity index (χ1n) is 7.62. The third kappa shape index (κ3) is 3.55. The molecule has 0 aromatic heterocycles. The number of anilines is 1. The molecular formula is C18H16Cl2N2O2. The Bertz CT molecular complexity index is 765. The van der Waals surface area contributed by atoms with Crippen molar-refractivity contribution in [3.8, 4) is 0 Å². The molecule has 1 saturated heterocycles. The van der Waals surface area contributed by atoms with E-state index >= 15 is 0 Å². The van der Waals surface area contributed by atoms with Crippen molar-refractivity contribution in [1.82, 2.24) is 5.32 Å². The van der Waals surface area contributed by atoms with Crippen molar-refractivity contribution in [2.75, 3.05) is 11.4 Å². The highest BCUT2D eigenvalue weighted by Gasteiger charge is 2.36. The Morgan fingerprint density at radius 2 is 1.88 bits per heavy atom. The van der Waals surface area contributed by atoms with Gasteiger partial charge in [-0.05, 0) is 17.7 Å². The molecule has 2 aromatic carbocycles. The number of amides is 2. The van der Waals surface area contributed by atoms with Gasteiger partial charge in [0.15, 0.2) is 0 Å². The summed E-state index contributed by atoms with van der Waals surface area (Å²) in [6.07, 6.45) is 0.170. The van der Waals surface area contributed by atoms with Crippen LogP contribution in [0.4, 0.5) is 5.69 Å². The largest absolute Gasteiger partial charge is 0.352 e. The number of carbonyl (C=O) groups excluding carboxylic acids is 2. The number of halogens is 2. The number of nitrogens with one attached hydrogen (secondary N) is 1. The maximum absolute atomic E-state index is 12.3. The molecule has 4 nitrogen and oxygen atoms in total. The van der Waals surface area contributed by atoms with Crippen LogP contribution >= 0.6 is 23.2 Å². The van der Waals surface area contributed by atoms with Gasteiger partial charge in [-0.1, -0.05) is 59.6 Å². The third-order valence-electron chi connectivity index (χ3n) is 4.03. The molecule has 2 aromatic rings. The third-order valence-corrected chi connectivity index (χ3v) is 4.84. The van der Waals surface area contributed by atoms with E-state index in [4.69, 9.17) is 23.2 Å². The van der Waals surface area contributed by atoms with Crippen molar-refractivity contribution < 1.29 is 9.59 Å². The summed E-state index contributed by atoms with van der Waals surface area (Å²) >= 11 is 12.2. The molecule has 1 N–H and O–H groups in total. The SMILES string of the molecule is O=C(NCc1ccccc1)[C@@H]1CC(=O)N(c2cccc(Cl)c2Cl)C1. The summed E-state index contributed by atoms with van der Waals surface area (Å²) in [4.78, 5) is 26.1. The van der Waals surface area contributed by atoms with Gasteiger partial charge >= 0.3 is 0 Å². The summed E-state index contributed by atoms with van der Waals surface area (Å²) in [5.41, 5.74) is 1.57. The highest BCUT2D eigenvalue weighted by Crippen LogP contribution is 2.35. The van der Waals surface area contributed by atoms with Crippen LogP contribution in [-0.2, 0) is 16.1 Å². The van der Waals surface area contributed by atoms with Crippen molar-refractivity contribution in [2.45, 2.75) is 13.0 Å². The number of hydrogen-bond acceptors (Lipinski definition) is 2. The topological polar surface area (TPSA) is 49.4 Å². The number of carbonyl (C=O) groups is 2. The quantitative estimate of drug-likeness (QED) is 0.901. The molecule has 3 rings (SSSR count). The van der Waals surface area contributed by atoms with E-state index in [0.29, 0.717) is 28.8 Å². The zero-order valence-electron chi connectivity index (χ0n) is 12.8. The summed E-state index contributed by atoms with van der Waals surface area (Å²) in [7, 11) is 0.